The summed E-state index contributed by atoms with van der Waals surface area (Å²) >= 11 is 1.90. The number of aromatic amines is 2. The van der Waals surface area contributed by atoms with Gasteiger partial charge in [-0.25, -0.2) is 9.18 Å². The average molecular weight is 595 g/mol. The fourth-order valence-electron chi connectivity index (χ4n) is 5.73. The Morgan fingerprint density at radius 3 is 2.86 bits per heavy atom. The van der Waals surface area contributed by atoms with Crippen LogP contribution in [0.1, 0.15) is 32.1 Å². The number of nitrogens with one attached hydrogen (secondary N) is 6. The van der Waals surface area contributed by atoms with Gasteiger partial charge in [-0.3, -0.25) is 15.0 Å². The maximum atomic E-state index is 13.6. The molecule has 2 saturated heterocycles. The summed E-state index contributed by atoms with van der Waals surface area (Å²) in [6.45, 7) is 0.968. The van der Waals surface area contributed by atoms with E-state index in [1.54, 1.807) is 19.2 Å². The molecule has 42 heavy (non-hydrogen) atoms. The Morgan fingerprint density at radius 1 is 1.10 bits per heavy atom. The molecule has 1 aliphatic carbocycles. The van der Waals surface area contributed by atoms with Crippen molar-refractivity contribution in [2.24, 2.45) is 0 Å². The molecule has 2 fully saturated rings. The van der Waals surface area contributed by atoms with Gasteiger partial charge < -0.3 is 30.7 Å². The summed E-state index contributed by atoms with van der Waals surface area (Å²) in [5.41, 5.74) is 2.49. The first-order chi connectivity index (χ1) is 20.5. The lowest BCUT2D eigenvalue weighted by Crippen LogP contribution is -2.36. The summed E-state index contributed by atoms with van der Waals surface area (Å²) in [6.07, 6.45) is 3.97. The zero-order valence-corrected chi connectivity index (χ0v) is 24.2. The number of thioether (sulfide) groups is 1. The number of carbonyl (C=O) groups excluding carboxylic acids is 2. The molecule has 0 aromatic heterocycles. The minimum Gasteiger partial charge on any atom is -0.493 e. The number of halogens is 1. The number of aromatic nitrogens is 2. The first-order valence-corrected chi connectivity index (χ1v) is 15.3. The molecule has 3 atom stereocenters. The van der Waals surface area contributed by atoms with Crippen LogP contribution in [-0.2, 0) is 4.79 Å². The molecule has 4 aliphatic rings. The Kier molecular flexibility index (Phi) is 8.31. The molecule has 10 nitrogen and oxygen atoms in total. The van der Waals surface area contributed by atoms with Crippen LogP contribution in [0.2, 0.25) is 0 Å². The molecular formula is C30H35FN6O4S. The lowest BCUT2D eigenvalue weighted by Gasteiger charge is -2.16. The zero-order chi connectivity index (χ0) is 29.1. The lowest BCUT2D eigenvalue weighted by atomic mass is 10.0. The van der Waals surface area contributed by atoms with Crippen molar-refractivity contribution < 1.29 is 23.5 Å². The Hall–Kier alpha value is -4.06. The van der Waals surface area contributed by atoms with Gasteiger partial charge >= 0.3 is 6.03 Å². The third-order valence-corrected chi connectivity index (χ3v) is 9.34. The van der Waals surface area contributed by atoms with Crippen LogP contribution in [0.15, 0.2) is 42.5 Å². The maximum absolute atomic E-state index is 13.6. The molecule has 222 valence electrons. The van der Waals surface area contributed by atoms with Crippen molar-refractivity contribution in [3.05, 3.63) is 48.3 Å². The van der Waals surface area contributed by atoms with Crippen molar-refractivity contribution >= 4 is 46.0 Å². The number of methoxy groups -OCH3 is 1. The summed E-state index contributed by atoms with van der Waals surface area (Å²) in [7, 11) is 1.61. The summed E-state index contributed by atoms with van der Waals surface area (Å²) in [5, 5.41) is 20.9. The van der Waals surface area contributed by atoms with E-state index in [1.807, 2.05) is 30.0 Å². The van der Waals surface area contributed by atoms with E-state index in [4.69, 9.17) is 9.47 Å². The highest BCUT2D eigenvalue weighted by Gasteiger charge is 2.42. The van der Waals surface area contributed by atoms with Crippen LogP contribution in [0.4, 0.5) is 20.7 Å². The van der Waals surface area contributed by atoms with Gasteiger partial charge in [0.25, 0.3) is 0 Å². The van der Waals surface area contributed by atoms with E-state index in [2.05, 4.69) is 31.5 Å². The monoisotopic (exact) mass is 594 g/mol. The molecule has 0 radical (unpaired) electrons. The zero-order valence-electron chi connectivity index (χ0n) is 23.3. The van der Waals surface area contributed by atoms with Crippen LogP contribution < -0.4 is 30.7 Å². The van der Waals surface area contributed by atoms with Gasteiger partial charge in [0.05, 0.1) is 31.5 Å². The fraction of sp³-hybridized carbons (Fsp3) is 0.400. The number of hydrogen-bond acceptors (Lipinski definition) is 6. The fourth-order valence-corrected chi connectivity index (χ4v) is 7.28. The minimum absolute atomic E-state index is 0.0492. The standard InChI is InChI=1S/C30H35FN6O4S/c1-40-23-15-20-17(12-21-27(20)36-37-29(21)33-19-7-4-6-18(31)14-19)13-24(23)41-11-5-10-32-26(38)9-3-2-8-25-28-22(16-42-25)34-30(39)35-28/h4,6-7,12-15,22,25,28,33,36-37H,2-3,5,8-11,16H2,1H3,(H,32,38)(H2,34,35,39). The molecule has 3 unspecified atom stereocenters. The largest absolute Gasteiger partial charge is 0.493 e. The predicted octanol–water partition coefficient (Wildman–Crippen LogP) is 5.10. The van der Waals surface area contributed by atoms with Crippen molar-refractivity contribution in [1.29, 1.82) is 0 Å². The van der Waals surface area contributed by atoms with E-state index in [-0.39, 0.29) is 29.8 Å². The third-order valence-electron chi connectivity index (χ3n) is 7.83. The van der Waals surface area contributed by atoms with E-state index < -0.39 is 0 Å². The third kappa shape index (κ3) is 6.08. The van der Waals surface area contributed by atoms with Crippen LogP contribution in [0.5, 0.6) is 11.5 Å². The Bertz CT molecular complexity index is 1540. The normalized spacial score (nSPS) is 19.5. The van der Waals surface area contributed by atoms with Crippen LogP contribution in [0.25, 0.3) is 22.0 Å². The second-order valence-corrected chi connectivity index (χ2v) is 12.0. The Labute approximate surface area is 247 Å². The molecular weight excluding hydrogens is 559 g/mol. The van der Waals surface area contributed by atoms with E-state index in [0.717, 1.165) is 52.9 Å². The average Bonchev–Trinajstić information content (AvgIpc) is 3.72. The number of unbranched alkanes of at least 4 members (excludes halogenated alkanes) is 1. The number of rotatable bonds is 13. The number of urea groups is 1. The molecule has 0 bridgehead atoms. The second-order valence-electron chi connectivity index (χ2n) is 10.7. The molecule has 12 heteroatoms. The molecule has 2 aromatic rings. The summed E-state index contributed by atoms with van der Waals surface area (Å²) in [4.78, 5) is 23.8. The maximum Gasteiger partial charge on any atom is 0.315 e. The highest BCUT2D eigenvalue weighted by atomic mass is 32.2. The van der Waals surface area contributed by atoms with Crippen molar-refractivity contribution in [3.63, 3.8) is 0 Å². The van der Waals surface area contributed by atoms with E-state index >= 15 is 0 Å². The lowest BCUT2D eigenvalue weighted by molar-refractivity contribution is -0.121. The van der Waals surface area contributed by atoms with Gasteiger partial charge in [0, 0.05) is 40.6 Å². The number of anilines is 2. The van der Waals surface area contributed by atoms with Gasteiger partial charge in [0.2, 0.25) is 5.91 Å². The van der Waals surface area contributed by atoms with E-state index in [9.17, 15) is 14.0 Å². The van der Waals surface area contributed by atoms with Gasteiger partial charge in [0.15, 0.2) is 11.5 Å². The molecule has 3 aliphatic heterocycles. The Morgan fingerprint density at radius 2 is 2.00 bits per heavy atom. The number of benzene rings is 2. The molecule has 0 saturated carbocycles. The second kappa shape index (κ2) is 12.4. The first kappa shape index (κ1) is 28.1. The van der Waals surface area contributed by atoms with Crippen LogP contribution in [-0.4, -0.2) is 65.5 Å². The molecule has 6 N–H and O–H groups in total. The first-order valence-electron chi connectivity index (χ1n) is 14.3. The van der Waals surface area contributed by atoms with Crippen molar-refractivity contribution in [1.82, 2.24) is 26.1 Å². The van der Waals surface area contributed by atoms with E-state index in [0.29, 0.717) is 48.4 Å². The highest BCUT2D eigenvalue weighted by Crippen LogP contribution is 2.43. The molecule has 3 heterocycles. The molecule has 6 rings (SSSR count). The van der Waals surface area contributed by atoms with Crippen LogP contribution in [0, 0.1) is 5.82 Å². The van der Waals surface area contributed by atoms with Crippen LogP contribution >= 0.6 is 11.8 Å². The number of hydrogen-bond donors (Lipinski definition) is 6. The number of fused-ring (bicyclic) bond motifs is 4. The summed E-state index contributed by atoms with van der Waals surface area (Å²) < 4.78 is 25.3. The van der Waals surface area contributed by atoms with Gasteiger partial charge in [0.1, 0.15) is 11.6 Å². The van der Waals surface area contributed by atoms with Gasteiger partial charge in [-0.05, 0) is 61.0 Å². The predicted molar refractivity (Wildman–Crippen MR) is 163 cm³/mol. The smallest absolute Gasteiger partial charge is 0.315 e. The summed E-state index contributed by atoms with van der Waals surface area (Å²) in [5.74, 6) is 2.68. The van der Waals surface area contributed by atoms with Crippen molar-refractivity contribution in [3.8, 4) is 22.8 Å². The van der Waals surface area contributed by atoms with E-state index in [1.165, 1.54) is 12.1 Å². The van der Waals surface area contributed by atoms with Gasteiger partial charge in [-0.2, -0.15) is 11.8 Å². The topological polar surface area (TPSA) is 132 Å². The molecule has 0 spiro atoms. The van der Waals surface area contributed by atoms with Crippen molar-refractivity contribution in [2.45, 2.75) is 49.4 Å². The number of carbonyl (C=O) groups is 2. The van der Waals surface area contributed by atoms with Crippen LogP contribution in [0.3, 0.4) is 0 Å². The highest BCUT2D eigenvalue weighted by molar-refractivity contribution is 8.00. The van der Waals surface area contributed by atoms with Gasteiger partial charge in [-0.1, -0.05) is 12.5 Å². The number of ether oxygens (including phenoxy) is 2. The quantitative estimate of drug-likeness (QED) is 0.0943. The Balaban J connectivity index is 0.954. The summed E-state index contributed by atoms with van der Waals surface area (Å²) in [6, 6.07) is 12.6. The van der Waals surface area contributed by atoms with Crippen molar-refractivity contribution in [2.75, 3.05) is 31.3 Å². The number of H-pyrrole nitrogens is 2. The molecule has 3 amide bonds. The minimum atomic E-state index is -0.308. The van der Waals surface area contributed by atoms with Gasteiger partial charge in [-0.15, -0.1) is 0 Å². The molecule has 2 aromatic carbocycles. The SMILES string of the molecule is COc1cc2c3[nH][nH]c(Nc4cccc(F)c4)c-3cc2cc1OCCCNC(=O)CCCCC1SCC2NC(=O)NC21. The number of amides is 3.